The van der Waals surface area contributed by atoms with Crippen LogP contribution in [-0.4, -0.2) is 23.6 Å². The number of benzene rings is 2. The van der Waals surface area contributed by atoms with Gasteiger partial charge in [-0.3, -0.25) is 14.9 Å². The smallest absolute Gasteiger partial charge is 0.355 e. The van der Waals surface area contributed by atoms with E-state index in [9.17, 15) is 32.5 Å². The summed E-state index contributed by atoms with van der Waals surface area (Å²) in [5.41, 5.74) is -0.408. The summed E-state index contributed by atoms with van der Waals surface area (Å²) in [7, 11) is 0. The van der Waals surface area contributed by atoms with Crippen LogP contribution in [0.15, 0.2) is 30.3 Å². The number of carbonyl (C=O) groups is 1. The molecule has 0 heterocycles. The number of alkyl halides is 3. The molecule has 0 atom stereocenters. The first kappa shape index (κ1) is 24.2. The molecule has 0 aromatic heterocycles. The van der Waals surface area contributed by atoms with Gasteiger partial charge in [0.15, 0.2) is 0 Å². The molecule has 1 amide bonds. The van der Waals surface area contributed by atoms with E-state index in [-0.39, 0.29) is 27.5 Å². The molecule has 0 unspecified atom stereocenters. The normalized spacial score (nSPS) is 10.6. The van der Waals surface area contributed by atoms with Gasteiger partial charge in [-0.25, -0.2) is 4.39 Å². The van der Waals surface area contributed by atoms with Crippen molar-refractivity contribution >= 4 is 34.6 Å². The van der Waals surface area contributed by atoms with E-state index in [4.69, 9.17) is 11.6 Å². The van der Waals surface area contributed by atoms with Gasteiger partial charge >= 0.3 is 6.18 Å². The molecule has 0 saturated carbocycles. The lowest BCUT2D eigenvalue weighted by Crippen LogP contribution is -2.34. The van der Waals surface area contributed by atoms with Gasteiger partial charge in [-0.15, -0.1) is 0 Å². The molecule has 2 N–H and O–H groups in total. The summed E-state index contributed by atoms with van der Waals surface area (Å²) in [5.74, 6) is -1.85. The third-order valence-electron chi connectivity index (χ3n) is 3.43. The summed E-state index contributed by atoms with van der Waals surface area (Å²) in [6, 6.07) is 5.64. The highest BCUT2D eigenvalue weighted by Crippen LogP contribution is 2.30. The first-order valence-electron chi connectivity index (χ1n) is 8.34. The molecule has 2 aromatic rings. The van der Waals surface area contributed by atoms with Crippen molar-refractivity contribution in [1.29, 1.82) is 0 Å². The second-order valence-electron chi connectivity index (χ2n) is 5.49. The van der Waals surface area contributed by atoms with Crippen molar-refractivity contribution in [1.82, 2.24) is 5.32 Å². The summed E-state index contributed by atoms with van der Waals surface area (Å²) in [6.45, 7) is 3.80. The molecule has 0 aliphatic rings. The van der Waals surface area contributed by atoms with Crippen LogP contribution in [0.2, 0.25) is 5.02 Å². The first-order chi connectivity index (χ1) is 13.5. The average Bonchev–Trinajstić information content (AvgIpc) is 2.63. The van der Waals surface area contributed by atoms with Crippen molar-refractivity contribution in [2.45, 2.75) is 26.9 Å². The summed E-state index contributed by atoms with van der Waals surface area (Å²) < 4.78 is 50.3. The van der Waals surface area contributed by atoms with Gasteiger partial charge in [0.1, 0.15) is 12.4 Å². The molecule has 6 nitrogen and oxygen atoms in total. The molecule has 0 bridgehead atoms. The highest BCUT2D eigenvalue weighted by molar-refractivity contribution is 6.31. The van der Waals surface area contributed by atoms with E-state index in [0.29, 0.717) is 0 Å². The molecule has 0 saturated heterocycles. The monoisotopic (exact) mass is 435 g/mol. The maximum Gasteiger partial charge on any atom is 0.405 e. The molecule has 0 spiro atoms. The summed E-state index contributed by atoms with van der Waals surface area (Å²) in [5, 5.41) is 15.2. The van der Waals surface area contributed by atoms with Gasteiger partial charge in [-0.1, -0.05) is 25.4 Å². The number of nitro groups is 1. The topological polar surface area (TPSA) is 84.3 Å². The lowest BCUT2D eigenvalue weighted by Gasteiger charge is -2.15. The zero-order valence-corrected chi connectivity index (χ0v) is 16.4. The van der Waals surface area contributed by atoms with Crippen molar-refractivity contribution in [3.63, 3.8) is 0 Å². The Hall–Kier alpha value is -2.88. The number of rotatable bonds is 5. The number of anilines is 2. The zero-order chi connectivity index (χ0) is 22.4. The lowest BCUT2D eigenvalue weighted by atomic mass is 10.1. The van der Waals surface area contributed by atoms with Crippen molar-refractivity contribution in [3.8, 4) is 0 Å². The molecular weight excluding hydrogens is 418 g/mol. The van der Waals surface area contributed by atoms with Crippen LogP contribution in [0.25, 0.3) is 0 Å². The van der Waals surface area contributed by atoms with Crippen LogP contribution in [0, 0.1) is 22.9 Å². The third-order valence-corrected chi connectivity index (χ3v) is 3.72. The highest BCUT2D eigenvalue weighted by Gasteiger charge is 2.29. The second kappa shape index (κ2) is 10.1. The molecule has 0 aliphatic heterocycles. The van der Waals surface area contributed by atoms with Gasteiger partial charge < -0.3 is 10.6 Å². The predicted octanol–water partition coefficient (Wildman–Crippen LogP) is 5.76. The quantitative estimate of drug-likeness (QED) is 0.355. The minimum atomic E-state index is -4.65. The average molecular weight is 436 g/mol. The number of carbonyl (C=O) groups excluding carboxylic acids is 1. The Kier molecular flexibility index (Phi) is 8.38. The number of hydrogen-bond acceptors (Lipinski definition) is 4. The summed E-state index contributed by atoms with van der Waals surface area (Å²) in [4.78, 5) is 22.5. The van der Waals surface area contributed by atoms with Gasteiger partial charge in [0.05, 0.1) is 21.2 Å². The lowest BCUT2D eigenvalue weighted by molar-refractivity contribution is -0.385. The van der Waals surface area contributed by atoms with Crippen LogP contribution >= 0.6 is 11.6 Å². The van der Waals surface area contributed by atoms with Crippen LogP contribution < -0.4 is 10.6 Å². The number of hydrogen-bond donors (Lipinski definition) is 2. The van der Waals surface area contributed by atoms with Crippen LogP contribution in [-0.2, 0) is 0 Å². The second-order valence-corrected chi connectivity index (χ2v) is 5.90. The van der Waals surface area contributed by atoms with E-state index in [2.05, 4.69) is 5.32 Å². The maximum atomic E-state index is 13.3. The third kappa shape index (κ3) is 6.90. The number of amides is 1. The van der Waals surface area contributed by atoms with E-state index in [0.717, 1.165) is 12.1 Å². The number of nitrogens with zero attached hydrogens (tertiary/aromatic N) is 1. The van der Waals surface area contributed by atoms with Gasteiger partial charge in [0.25, 0.3) is 11.6 Å². The number of aryl methyl sites for hydroxylation is 1. The number of nitrogens with one attached hydrogen (secondary N) is 2. The summed E-state index contributed by atoms with van der Waals surface area (Å²) >= 11 is 5.67. The first-order valence-corrected chi connectivity index (χ1v) is 8.72. The van der Waals surface area contributed by atoms with E-state index >= 15 is 0 Å². The standard InChI is InChI=1S/C16H12ClF4N3O3.C2H6/c1-8-4-13(23-9-2-3-12(18)11(17)5-9)10(6-14(8)24(26)27)15(25)22-7-16(19,20)21;1-2/h2-6,23H,7H2,1H3,(H,22,25);1-2H3. The van der Waals surface area contributed by atoms with E-state index in [1.165, 1.54) is 25.1 Å². The van der Waals surface area contributed by atoms with E-state index in [1.807, 2.05) is 13.8 Å². The van der Waals surface area contributed by atoms with Gasteiger partial charge in [0.2, 0.25) is 0 Å². The SMILES string of the molecule is CC.Cc1cc(Nc2ccc(F)c(Cl)c2)c(C(=O)NCC(F)(F)F)cc1[N+](=O)[O-]. The zero-order valence-electron chi connectivity index (χ0n) is 15.7. The largest absolute Gasteiger partial charge is 0.405 e. The summed E-state index contributed by atoms with van der Waals surface area (Å²) in [6.07, 6.45) is -4.65. The predicted molar refractivity (Wildman–Crippen MR) is 102 cm³/mol. The Balaban J connectivity index is 0.00000204. The molecule has 0 aliphatic carbocycles. The fraction of sp³-hybridized carbons (Fsp3) is 0.278. The molecule has 29 heavy (non-hydrogen) atoms. The highest BCUT2D eigenvalue weighted by atomic mass is 35.5. The van der Waals surface area contributed by atoms with Gasteiger partial charge in [-0.05, 0) is 31.2 Å². The Labute approximate surface area is 169 Å². The van der Waals surface area contributed by atoms with Crippen LogP contribution in [0.4, 0.5) is 34.6 Å². The molecule has 0 radical (unpaired) electrons. The van der Waals surface area contributed by atoms with Crippen LogP contribution in [0.3, 0.4) is 0 Å². The van der Waals surface area contributed by atoms with Crippen molar-refractivity contribution in [2.24, 2.45) is 0 Å². The molecule has 11 heteroatoms. The van der Waals surface area contributed by atoms with Crippen molar-refractivity contribution in [2.75, 3.05) is 11.9 Å². The van der Waals surface area contributed by atoms with Gasteiger partial charge in [-0.2, -0.15) is 13.2 Å². The van der Waals surface area contributed by atoms with E-state index in [1.54, 1.807) is 5.32 Å². The molecule has 2 rings (SSSR count). The van der Waals surface area contributed by atoms with E-state index < -0.39 is 35.1 Å². The number of nitro benzene ring substituents is 1. The Morgan fingerprint density at radius 1 is 1.21 bits per heavy atom. The van der Waals surface area contributed by atoms with Crippen LogP contribution in [0.1, 0.15) is 29.8 Å². The minimum absolute atomic E-state index is 0.000416. The molecule has 158 valence electrons. The minimum Gasteiger partial charge on any atom is -0.355 e. The molecule has 0 fully saturated rings. The molecule has 2 aromatic carbocycles. The fourth-order valence-corrected chi connectivity index (χ4v) is 2.37. The number of halogens is 5. The van der Waals surface area contributed by atoms with Crippen molar-refractivity contribution in [3.05, 3.63) is 62.4 Å². The maximum absolute atomic E-state index is 13.3. The van der Waals surface area contributed by atoms with Crippen LogP contribution in [0.5, 0.6) is 0 Å². The van der Waals surface area contributed by atoms with Crippen molar-refractivity contribution < 1.29 is 27.3 Å². The Morgan fingerprint density at radius 3 is 2.34 bits per heavy atom. The fourth-order valence-electron chi connectivity index (χ4n) is 2.19. The Bertz CT molecular complexity index is 905. The van der Waals surface area contributed by atoms with Gasteiger partial charge in [0, 0.05) is 17.3 Å². The Morgan fingerprint density at radius 2 is 1.83 bits per heavy atom. The molecular formula is C18H18ClF4N3O3.